The molecular weight excluding hydrogens is 385 g/mol. The molecule has 2 aromatic rings. The van der Waals surface area contributed by atoms with Gasteiger partial charge in [-0.1, -0.05) is 31.0 Å². The highest BCUT2D eigenvalue weighted by molar-refractivity contribution is 5.91. The number of hydrogen-bond acceptors (Lipinski definition) is 4. The lowest BCUT2D eigenvalue weighted by molar-refractivity contribution is -0.129. The maximum Gasteiger partial charge on any atom is 0.289 e. The van der Waals surface area contributed by atoms with E-state index in [2.05, 4.69) is 10.2 Å². The van der Waals surface area contributed by atoms with Crippen LogP contribution in [-0.2, 0) is 11.3 Å². The number of carbonyl (C=O) groups is 2. The van der Waals surface area contributed by atoms with Crippen LogP contribution in [0.4, 0.5) is 4.39 Å². The predicted molar refractivity (Wildman–Crippen MR) is 110 cm³/mol. The second-order valence-corrected chi connectivity index (χ2v) is 8.10. The van der Waals surface area contributed by atoms with Crippen LogP contribution in [0.25, 0.3) is 0 Å². The molecule has 6 nitrogen and oxygen atoms in total. The highest BCUT2D eigenvalue weighted by atomic mass is 19.1. The molecule has 1 aliphatic heterocycles. The molecule has 30 heavy (non-hydrogen) atoms. The molecule has 7 heteroatoms. The van der Waals surface area contributed by atoms with Gasteiger partial charge < -0.3 is 14.6 Å². The van der Waals surface area contributed by atoms with Gasteiger partial charge in [-0.25, -0.2) is 4.39 Å². The van der Waals surface area contributed by atoms with Crippen LogP contribution in [-0.4, -0.2) is 53.8 Å². The lowest BCUT2D eigenvalue weighted by atomic mass is 9.95. The Bertz CT molecular complexity index is 856. The average Bonchev–Trinajstić information content (AvgIpc) is 3.48. The molecule has 2 aliphatic rings. The molecule has 160 valence electrons. The van der Waals surface area contributed by atoms with Crippen LogP contribution in [0.1, 0.15) is 41.8 Å². The summed E-state index contributed by atoms with van der Waals surface area (Å²) in [5.41, 5.74) is 0.491. The monoisotopic (exact) mass is 413 g/mol. The Morgan fingerprint density at radius 2 is 1.80 bits per heavy atom. The van der Waals surface area contributed by atoms with E-state index in [-0.39, 0.29) is 30.2 Å². The fourth-order valence-electron chi connectivity index (χ4n) is 4.64. The number of halogens is 1. The zero-order chi connectivity index (χ0) is 20.9. The standard InChI is InChI=1S/C23H28FN3O3/c24-19-9-4-3-8-18(19)16-25-22(28)21(17-6-1-2-7-17)26-11-13-27(14-12-26)23(29)20-10-5-15-30-20/h3-5,8-10,15,17,21H,1-2,6-7,11-14,16H2,(H,25,28)/t21-/m1/s1. The normalized spacial score (nSPS) is 19.0. The minimum absolute atomic E-state index is 0.0454. The van der Waals surface area contributed by atoms with Crippen molar-refractivity contribution in [3.05, 3.63) is 59.8 Å². The van der Waals surface area contributed by atoms with Crippen molar-refractivity contribution in [2.24, 2.45) is 5.92 Å². The van der Waals surface area contributed by atoms with Gasteiger partial charge in [-0.2, -0.15) is 0 Å². The highest BCUT2D eigenvalue weighted by Gasteiger charge is 2.37. The summed E-state index contributed by atoms with van der Waals surface area (Å²) in [4.78, 5) is 29.6. The van der Waals surface area contributed by atoms with E-state index >= 15 is 0 Å². The molecule has 1 aliphatic carbocycles. The van der Waals surface area contributed by atoms with Crippen molar-refractivity contribution < 1.29 is 18.4 Å². The van der Waals surface area contributed by atoms with E-state index in [4.69, 9.17) is 4.42 Å². The minimum atomic E-state index is -0.305. The van der Waals surface area contributed by atoms with E-state index in [1.807, 2.05) is 0 Å². The Labute approximate surface area is 176 Å². The van der Waals surface area contributed by atoms with Gasteiger partial charge in [0.2, 0.25) is 5.91 Å². The molecule has 1 atom stereocenters. The second-order valence-electron chi connectivity index (χ2n) is 8.10. The summed E-state index contributed by atoms with van der Waals surface area (Å²) >= 11 is 0. The number of hydrogen-bond donors (Lipinski definition) is 1. The van der Waals surface area contributed by atoms with Crippen LogP contribution >= 0.6 is 0 Å². The van der Waals surface area contributed by atoms with Gasteiger partial charge in [0.1, 0.15) is 5.82 Å². The Balaban J connectivity index is 1.39. The van der Waals surface area contributed by atoms with E-state index in [9.17, 15) is 14.0 Å². The first-order chi connectivity index (χ1) is 14.6. The van der Waals surface area contributed by atoms with Crippen LogP contribution in [0.15, 0.2) is 47.1 Å². The number of benzene rings is 1. The summed E-state index contributed by atoms with van der Waals surface area (Å²) in [6, 6.07) is 9.66. The molecule has 0 unspecified atom stereocenters. The minimum Gasteiger partial charge on any atom is -0.459 e. The maximum absolute atomic E-state index is 13.9. The zero-order valence-corrected chi connectivity index (χ0v) is 17.1. The van der Waals surface area contributed by atoms with Gasteiger partial charge in [0.05, 0.1) is 12.3 Å². The molecule has 1 aromatic carbocycles. The van der Waals surface area contributed by atoms with Crippen LogP contribution in [0.2, 0.25) is 0 Å². The first-order valence-electron chi connectivity index (χ1n) is 10.7. The number of rotatable bonds is 6. The molecule has 0 radical (unpaired) electrons. The number of nitrogens with zero attached hydrogens (tertiary/aromatic N) is 2. The van der Waals surface area contributed by atoms with Crippen molar-refractivity contribution in [2.45, 2.75) is 38.3 Å². The highest BCUT2D eigenvalue weighted by Crippen LogP contribution is 2.31. The topological polar surface area (TPSA) is 65.8 Å². The average molecular weight is 413 g/mol. The molecule has 2 amide bonds. The van der Waals surface area contributed by atoms with Gasteiger partial charge >= 0.3 is 0 Å². The molecule has 1 aromatic heterocycles. The lowest BCUT2D eigenvalue weighted by Gasteiger charge is -2.40. The van der Waals surface area contributed by atoms with Crippen LogP contribution in [0.5, 0.6) is 0 Å². The lowest BCUT2D eigenvalue weighted by Crippen LogP contribution is -2.57. The second kappa shape index (κ2) is 9.43. The Morgan fingerprint density at radius 1 is 1.07 bits per heavy atom. The summed E-state index contributed by atoms with van der Waals surface area (Å²) in [6.07, 6.45) is 5.84. The molecule has 0 bridgehead atoms. The third-order valence-electron chi connectivity index (χ3n) is 6.25. The van der Waals surface area contributed by atoms with Crippen LogP contribution in [0.3, 0.4) is 0 Å². The molecule has 2 fully saturated rings. The number of piperazine rings is 1. The van der Waals surface area contributed by atoms with Gasteiger partial charge in [-0.15, -0.1) is 0 Å². The van der Waals surface area contributed by atoms with E-state index < -0.39 is 0 Å². The summed E-state index contributed by atoms with van der Waals surface area (Å²) in [5, 5.41) is 2.95. The fraction of sp³-hybridized carbons (Fsp3) is 0.478. The van der Waals surface area contributed by atoms with Crippen LogP contribution < -0.4 is 5.32 Å². The first kappa shape index (κ1) is 20.6. The van der Waals surface area contributed by atoms with Crippen molar-refractivity contribution in [2.75, 3.05) is 26.2 Å². The van der Waals surface area contributed by atoms with E-state index in [1.165, 1.54) is 12.3 Å². The van der Waals surface area contributed by atoms with E-state index in [0.29, 0.717) is 43.4 Å². The van der Waals surface area contributed by atoms with Gasteiger partial charge in [-0.3, -0.25) is 14.5 Å². The summed E-state index contributed by atoms with van der Waals surface area (Å²) in [6.45, 7) is 2.58. The molecule has 1 saturated heterocycles. The van der Waals surface area contributed by atoms with Crippen molar-refractivity contribution in [3.8, 4) is 0 Å². The molecule has 4 rings (SSSR count). The molecule has 0 spiro atoms. The summed E-state index contributed by atoms with van der Waals surface area (Å²) in [5.74, 6) is 0.189. The molecule has 1 N–H and O–H groups in total. The number of furan rings is 1. The van der Waals surface area contributed by atoms with Crippen molar-refractivity contribution in [1.29, 1.82) is 0 Å². The van der Waals surface area contributed by atoms with Gasteiger partial charge in [0.15, 0.2) is 5.76 Å². The fourth-order valence-corrected chi connectivity index (χ4v) is 4.64. The third-order valence-corrected chi connectivity index (χ3v) is 6.25. The van der Waals surface area contributed by atoms with Crippen molar-refractivity contribution in [3.63, 3.8) is 0 Å². The molecule has 2 heterocycles. The van der Waals surface area contributed by atoms with Crippen molar-refractivity contribution in [1.82, 2.24) is 15.1 Å². The number of amides is 2. The van der Waals surface area contributed by atoms with E-state index in [1.54, 1.807) is 35.2 Å². The van der Waals surface area contributed by atoms with Crippen molar-refractivity contribution >= 4 is 11.8 Å². The van der Waals surface area contributed by atoms with Gasteiger partial charge in [0.25, 0.3) is 5.91 Å². The van der Waals surface area contributed by atoms with E-state index in [0.717, 1.165) is 25.7 Å². The number of carbonyl (C=O) groups excluding carboxylic acids is 2. The third kappa shape index (κ3) is 4.56. The predicted octanol–water partition coefficient (Wildman–Crippen LogP) is 3.05. The summed E-state index contributed by atoms with van der Waals surface area (Å²) in [7, 11) is 0. The Kier molecular flexibility index (Phi) is 6.47. The Morgan fingerprint density at radius 3 is 2.47 bits per heavy atom. The molecular formula is C23H28FN3O3. The molecule has 1 saturated carbocycles. The quantitative estimate of drug-likeness (QED) is 0.791. The maximum atomic E-state index is 13.9. The Hall–Kier alpha value is -2.67. The smallest absolute Gasteiger partial charge is 0.289 e. The van der Waals surface area contributed by atoms with Gasteiger partial charge in [0, 0.05) is 38.3 Å². The largest absolute Gasteiger partial charge is 0.459 e. The van der Waals surface area contributed by atoms with Crippen LogP contribution in [0, 0.1) is 11.7 Å². The summed E-state index contributed by atoms with van der Waals surface area (Å²) < 4.78 is 19.2. The number of nitrogens with one attached hydrogen (secondary N) is 1. The SMILES string of the molecule is O=C(NCc1ccccc1F)[C@@H](C1CCCC1)N1CCN(C(=O)c2ccco2)CC1. The first-order valence-corrected chi connectivity index (χ1v) is 10.7. The van der Waals surface area contributed by atoms with Gasteiger partial charge in [-0.05, 0) is 37.0 Å². The zero-order valence-electron chi connectivity index (χ0n) is 17.1.